The molecule has 2 aromatic carbocycles. The van der Waals surface area contributed by atoms with Crippen LogP contribution in [0.2, 0.25) is 0 Å². The van der Waals surface area contributed by atoms with Crippen molar-refractivity contribution in [1.82, 2.24) is 5.32 Å². The van der Waals surface area contributed by atoms with Gasteiger partial charge in [-0.15, -0.1) is 0 Å². The number of nitrogens with one attached hydrogen (secondary N) is 2. The number of hydrogen-bond donors (Lipinski definition) is 2. The van der Waals surface area contributed by atoms with Gasteiger partial charge in [-0.3, -0.25) is 4.79 Å². The van der Waals surface area contributed by atoms with Crippen molar-refractivity contribution in [3.63, 3.8) is 0 Å². The van der Waals surface area contributed by atoms with Gasteiger partial charge in [0, 0.05) is 18.3 Å². The van der Waals surface area contributed by atoms with E-state index < -0.39 is 0 Å². The Balaban J connectivity index is 1.95. The summed E-state index contributed by atoms with van der Waals surface area (Å²) < 4.78 is 0. The Kier molecular flexibility index (Phi) is 5.93. The van der Waals surface area contributed by atoms with Crippen LogP contribution in [-0.2, 0) is 16.8 Å². The zero-order valence-corrected chi connectivity index (χ0v) is 14.9. The van der Waals surface area contributed by atoms with E-state index in [9.17, 15) is 4.79 Å². The molecule has 0 unspecified atom stereocenters. The zero-order valence-electron chi connectivity index (χ0n) is 14.9. The van der Waals surface area contributed by atoms with Gasteiger partial charge in [-0.05, 0) is 47.4 Å². The van der Waals surface area contributed by atoms with Crippen LogP contribution in [0.4, 0.5) is 5.69 Å². The summed E-state index contributed by atoms with van der Waals surface area (Å²) in [5, 5.41) is 5.97. The van der Waals surface area contributed by atoms with Crippen LogP contribution in [0.1, 0.15) is 37.5 Å². The molecule has 0 radical (unpaired) electrons. The highest BCUT2D eigenvalue weighted by atomic mass is 16.1. The van der Waals surface area contributed by atoms with E-state index >= 15 is 0 Å². The third-order valence-electron chi connectivity index (χ3n) is 3.81. The van der Waals surface area contributed by atoms with Crippen molar-refractivity contribution >= 4 is 17.7 Å². The highest BCUT2D eigenvalue weighted by molar-refractivity contribution is 6.01. The summed E-state index contributed by atoms with van der Waals surface area (Å²) in [5.74, 6) is -0.128. The van der Waals surface area contributed by atoms with Crippen LogP contribution in [0.5, 0.6) is 0 Å². The van der Waals surface area contributed by atoms with Gasteiger partial charge in [0.25, 0.3) is 0 Å². The molecule has 2 rings (SSSR count). The van der Waals surface area contributed by atoms with E-state index in [2.05, 4.69) is 43.5 Å². The number of carbonyl (C=O) groups is 1. The lowest BCUT2D eigenvalue weighted by molar-refractivity contribution is -0.111. The van der Waals surface area contributed by atoms with Crippen molar-refractivity contribution in [2.75, 3.05) is 12.4 Å². The summed E-state index contributed by atoms with van der Waals surface area (Å²) in [6.45, 7) is 7.38. The van der Waals surface area contributed by atoms with Crippen molar-refractivity contribution in [2.45, 2.75) is 32.7 Å². The fourth-order valence-electron chi connectivity index (χ4n) is 2.36. The lowest BCUT2D eigenvalue weighted by Crippen LogP contribution is -2.10. The van der Waals surface area contributed by atoms with Crippen LogP contribution in [-0.4, -0.2) is 13.0 Å². The van der Waals surface area contributed by atoms with Crippen LogP contribution in [0.15, 0.2) is 54.6 Å². The van der Waals surface area contributed by atoms with E-state index in [1.54, 1.807) is 6.08 Å². The second-order valence-corrected chi connectivity index (χ2v) is 6.92. The predicted molar refractivity (Wildman–Crippen MR) is 102 cm³/mol. The van der Waals surface area contributed by atoms with Crippen LogP contribution in [0.3, 0.4) is 0 Å². The molecule has 0 saturated carbocycles. The lowest BCUT2D eigenvalue weighted by Gasteiger charge is -2.18. The van der Waals surface area contributed by atoms with Crippen LogP contribution >= 0.6 is 0 Å². The van der Waals surface area contributed by atoms with Crippen LogP contribution in [0, 0.1) is 0 Å². The van der Waals surface area contributed by atoms with Gasteiger partial charge in [0.15, 0.2) is 0 Å². The maximum atomic E-state index is 12.0. The van der Waals surface area contributed by atoms with Crippen molar-refractivity contribution in [1.29, 1.82) is 0 Å². The first-order valence-electron chi connectivity index (χ1n) is 8.21. The topological polar surface area (TPSA) is 41.1 Å². The van der Waals surface area contributed by atoms with E-state index in [0.29, 0.717) is 0 Å². The zero-order chi connectivity index (χ0) is 17.6. The summed E-state index contributed by atoms with van der Waals surface area (Å²) in [6, 6.07) is 16.1. The average Bonchev–Trinajstić information content (AvgIpc) is 2.55. The highest BCUT2D eigenvalue weighted by Gasteiger charge is 2.12. The molecular formula is C21H26N2O. The summed E-state index contributed by atoms with van der Waals surface area (Å²) in [7, 11) is 1.91. The molecule has 3 nitrogen and oxygen atoms in total. The molecule has 0 saturated heterocycles. The summed E-state index contributed by atoms with van der Waals surface area (Å²) >= 11 is 0. The molecule has 1 amide bonds. The fourth-order valence-corrected chi connectivity index (χ4v) is 2.36. The van der Waals surface area contributed by atoms with Crippen molar-refractivity contribution < 1.29 is 4.79 Å². The Hall–Kier alpha value is -2.39. The quantitative estimate of drug-likeness (QED) is 0.803. The third kappa shape index (κ3) is 5.36. The molecule has 0 aromatic heterocycles. The number of amides is 1. The molecule has 2 aromatic rings. The maximum absolute atomic E-state index is 12.0. The molecule has 0 spiro atoms. The molecule has 0 aliphatic rings. The molecule has 0 heterocycles. The normalized spacial score (nSPS) is 11.7. The van der Waals surface area contributed by atoms with E-state index in [-0.39, 0.29) is 11.3 Å². The Morgan fingerprint density at radius 1 is 1.00 bits per heavy atom. The molecule has 0 fully saturated rings. The van der Waals surface area contributed by atoms with Crippen LogP contribution < -0.4 is 10.6 Å². The SMILES string of the molecule is CNCc1ccc(NC(=O)/C=C/c2ccc(C(C)(C)C)cc2)cc1. The third-order valence-corrected chi connectivity index (χ3v) is 3.81. The van der Waals surface area contributed by atoms with Gasteiger partial charge >= 0.3 is 0 Å². The van der Waals surface area contributed by atoms with Crippen molar-refractivity contribution in [3.8, 4) is 0 Å². The van der Waals surface area contributed by atoms with Gasteiger partial charge in [0.05, 0.1) is 0 Å². The summed E-state index contributed by atoms with van der Waals surface area (Å²) in [5.41, 5.74) is 4.42. The van der Waals surface area contributed by atoms with Gasteiger partial charge in [0.2, 0.25) is 5.91 Å². The van der Waals surface area contributed by atoms with E-state index in [0.717, 1.165) is 17.8 Å². The second kappa shape index (κ2) is 7.93. The Morgan fingerprint density at radius 2 is 1.62 bits per heavy atom. The summed E-state index contributed by atoms with van der Waals surface area (Å²) in [6.07, 6.45) is 3.39. The van der Waals surface area contributed by atoms with Gasteiger partial charge in [-0.2, -0.15) is 0 Å². The number of carbonyl (C=O) groups excluding carboxylic acids is 1. The predicted octanol–water partition coefficient (Wildman–Crippen LogP) is 4.36. The molecule has 3 heteroatoms. The minimum Gasteiger partial charge on any atom is -0.323 e. The van der Waals surface area contributed by atoms with Crippen LogP contribution in [0.25, 0.3) is 6.08 Å². The number of hydrogen-bond acceptors (Lipinski definition) is 2. The molecular weight excluding hydrogens is 296 g/mol. The molecule has 126 valence electrons. The van der Waals surface area contributed by atoms with Gasteiger partial charge < -0.3 is 10.6 Å². The lowest BCUT2D eigenvalue weighted by atomic mass is 9.87. The maximum Gasteiger partial charge on any atom is 0.248 e. The molecule has 0 aliphatic heterocycles. The second-order valence-electron chi connectivity index (χ2n) is 6.92. The average molecular weight is 322 g/mol. The minimum atomic E-state index is -0.128. The fraction of sp³-hybridized carbons (Fsp3) is 0.286. The van der Waals surface area contributed by atoms with E-state index in [1.807, 2.05) is 49.5 Å². The van der Waals surface area contributed by atoms with Gasteiger partial charge in [-0.1, -0.05) is 57.2 Å². The van der Waals surface area contributed by atoms with Gasteiger partial charge in [-0.25, -0.2) is 0 Å². The van der Waals surface area contributed by atoms with E-state index in [4.69, 9.17) is 0 Å². The molecule has 2 N–H and O–H groups in total. The highest BCUT2D eigenvalue weighted by Crippen LogP contribution is 2.22. The molecule has 0 aliphatic carbocycles. The first-order valence-corrected chi connectivity index (χ1v) is 8.21. The largest absolute Gasteiger partial charge is 0.323 e. The molecule has 24 heavy (non-hydrogen) atoms. The standard InChI is InChI=1S/C21H26N2O/c1-21(2,3)18-10-5-16(6-11-18)9-14-20(24)23-19-12-7-17(8-13-19)15-22-4/h5-14,22H,15H2,1-4H3,(H,23,24)/b14-9+. The van der Waals surface area contributed by atoms with Crippen molar-refractivity contribution in [2.24, 2.45) is 0 Å². The first kappa shape index (κ1) is 18.0. The molecule has 0 bridgehead atoms. The number of benzene rings is 2. The monoisotopic (exact) mass is 322 g/mol. The molecule has 0 atom stereocenters. The Morgan fingerprint density at radius 3 is 2.17 bits per heavy atom. The Bertz CT molecular complexity index is 692. The first-order chi connectivity index (χ1) is 11.4. The van der Waals surface area contributed by atoms with Gasteiger partial charge in [0.1, 0.15) is 0 Å². The minimum absolute atomic E-state index is 0.128. The summed E-state index contributed by atoms with van der Waals surface area (Å²) in [4.78, 5) is 12.0. The Labute approximate surface area is 144 Å². The van der Waals surface area contributed by atoms with E-state index in [1.165, 1.54) is 11.1 Å². The number of anilines is 1. The smallest absolute Gasteiger partial charge is 0.248 e. The number of rotatable bonds is 5. The van der Waals surface area contributed by atoms with Crippen molar-refractivity contribution in [3.05, 3.63) is 71.3 Å².